The first-order valence-corrected chi connectivity index (χ1v) is 38.0. The van der Waals surface area contributed by atoms with E-state index in [1.165, 1.54) is 0 Å². The van der Waals surface area contributed by atoms with Crippen molar-refractivity contribution in [1.29, 1.82) is 15.8 Å². The number of nitrogens with zero attached hydrogens (tertiary/aromatic N) is 17. The first-order valence-electron chi connectivity index (χ1n) is 30.2. The van der Waals surface area contributed by atoms with Gasteiger partial charge in [-0.3, -0.25) is 0 Å². The van der Waals surface area contributed by atoms with Gasteiger partial charge in [-0.1, -0.05) is 50.9 Å². The highest BCUT2D eigenvalue weighted by molar-refractivity contribution is 6.76. The van der Waals surface area contributed by atoms with Gasteiger partial charge in [-0.05, 0) is 76.2 Å². The third kappa shape index (κ3) is 15.8. The fraction of sp³-hybridized carbons (Fsp3) is 0.318. The summed E-state index contributed by atoms with van der Waals surface area (Å²) in [7, 11) is 2.03. The fourth-order valence-electron chi connectivity index (χ4n) is 9.82. The number of nitriles is 3. The van der Waals surface area contributed by atoms with Crippen LogP contribution >= 0.6 is 11.6 Å². The number of fused-ring (bicyclic) bond motifs is 9. The summed E-state index contributed by atoms with van der Waals surface area (Å²) in [5.74, 6) is 2.07. The molecule has 13 heterocycles. The molecule has 29 heteroatoms. The number of H-pyrrole nitrogens is 1. The van der Waals surface area contributed by atoms with Crippen molar-refractivity contribution in [2.24, 2.45) is 0 Å². The van der Waals surface area contributed by atoms with E-state index < -0.39 is 23.3 Å². The van der Waals surface area contributed by atoms with Gasteiger partial charge in [0.15, 0.2) is 0 Å². The van der Waals surface area contributed by atoms with Crippen molar-refractivity contribution >= 4 is 106 Å². The minimum absolute atomic E-state index is 0.132. The number of aromatic nitrogens is 15. The van der Waals surface area contributed by atoms with Crippen LogP contribution in [0.15, 0.2) is 110 Å². The summed E-state index contributed by atoms with van der Waals surface area (Å²) in [6, 6.07) is 25.2. The molecular weight excluding hydrogens is 1260 g/mol. The molecule has 0 unspecified atom stereocenters. The van der Waals surface area contributed by atoms with Crippen molar-refractivity contribution < 1.29 is 33.0 Å². The molecule has 0 aromatic carbocycles. The molecule has 25 nitrogen and oxygen atoms in total. The third-order valence-electron chi connectivity index (χ3n) is 15.9. The number of nitrogens with one attached hydrogen (secondary N) is 1. The topological polar surface area (TPSA) is 316 Å². The highest BCUT2D eigenvalue weighted by Crippen LogP contribution is 2.37. The van der Waals surface area contributed by atoms with Crippen LogP contribution in [0.5, 0.6) is 17.6 Å². The molecule has 1 fully saturated rings. The molecule has 1 aliphatic heterocycles. The Labute approximate surface area is 555 Å². The molecule has 1 aliphatic rings. The smallest absolute Gasteiger partial charge is 0.481 e. The van der Waals surface area contributed by atoms with E-state index in [1.807, 2.05) is 110 Å². The normalized spacial score (nSPS) is 13.3. The monoisotopic (exact) mass is 1330 g/mol. The molecule has 0 aliphatic carbocycles. The van der Waals surface area contributed by atoms with Crippen LogP contribution in [0.2, 0.25) is 56.5 Å². The highest BCUT2D eigenvalue weighted by atomic mass is 35.5. The van der Waals surface area contributed by atoms with Gasteiger partial charge in [0, 0.05) is 152 Å². The van der Waals surface area contributed by atoms with E-state index >= 15 is 0 Å². The average Bonchev–Trinajstić information content (AvgIpc) is 1.64. The van der Waals surface area contributed by atoms with Crippen LogP contribution in [0.4, 0.5) is 0 Å². The van der Waals surface area contributed by atoms with Crippen LogP contribution in [0, 0.1) is 34.0 Å². The zero-order chi connectivity index (χ0) is 67.8. The fourth-order valence-corrected chi connectivity index (χ4v) is 11.5. The van der Waals surface area contributed by atoms with Crippen LogP contribution in [0.1, 0.15) is 45.2 Å². The maximum absolute atomic E-state index is 8.93. The SMILES string of the molecule is CC1(C)OB(c2cnc(C#N)nc2)OC1(C)C.COc1cc2[nH]c3nc(-c4cnc(C#N)nc4)ccc3c2cn1.COc1cc2c(cn1)c1ccc(-c3cnc(C#N)nc3)nc1n2COCC[Si](C)(C)C.COc1cc2c(cn1)c1ccc(Cl)nc1n2COCC[Si](C)(C)C. The zero-order valence-electron chi connectivity index (χ0n) is 55.1. The van der Waals surface area contributed by atoms with Crippen molar-refractivity contribution in [2.75, 3.05) is 34.5 Å². The lowest BCUT2D eigenvalue weighted by Crippen LogP contribution is -2.41. The van der Waals surface area contributed by atoms with E-state index in [9.17, 15) is 0 Å². The van der Waals surface area contributed by atoms with Crippen molar-refractivity contribution in [2.45, 2.75) is 104 Å². The van der Waals surface area contributed by atoms with Crippen molar-refractivity contribution in [3.8, 4) is 58.4 Å². The molecule has 0 amide bonds. The van der Waals surface area contributed by atoms with Gasteiger partial charge in [0.2, 0.25) is 35.1 Å². The Morgan fingerprint density at radius 2 is 0.916 bits per heavy atom. The average molecular weight is 1330 g/mol. The van der Waals surface area contributed by atoms with Gasteiger partial charge in [0.05, 0.1) is 60.5 Å². The molecule has 484 valence electrons. The molecule has 0 saturated carbocycles. The van der Waals surface area contributed by atoms with Crippen molar-refractivity contribution in [3.63, 3.8) is 0 Å². The molecule has 12 aromatic heterocycles. The quantitative estimate of drug-likeness (QED) is 0.0533. The number of hydrogen-bond donors (Lipinski definition) is 1. The number of rotatable bonds is 16. The maximum atomic E-state index is 8.93. The molecule has 1 saturated heterocycles. The predicted octanol–water partition coefficient (Wildman–Crippen LogP) is 11.9. The molecule has 0 bridgehead atoms. The Hall–Kier alpha value is -9.96. The van der Waals surface area contributed by atoms with Crippen LogP contribution in [-0.2, 0) is 32.2 Å². The van der Waals surface area contributed by atoms with E-state index in [1.54, 1.807) is 77.0 Å². The van der Waals surface area contributed by atoms with Gasteiger partial charge in [-0.2, -0.15) is 15.8 Å². The second-order valence-electron chi connectivity index (χ2n) is 25.5. The lowest BCUT2D eigenvalue weighted by Gasteiger charge is -2.32. The number of halogens is 1. The number of aromatic amines is 1. The highest BCUT2D eigenvalue weighted by Gasteiger charge is 2.52. The van der Waals surface area contributed by atoms with E-state index in [0.717, 1.165) is 112 Å². The van der Waals surface area contributed by atoms with Gasteiger partial charge in [-0.25, -0.2) is 59.8 Å². The molecule has 0 atom stereocenters. The summed E-state index contributed by atoms with van der Waals surface area (Å²) in [6.07, 6.45) is 14.9. The second-order valence-corrected chi connectivity index (χ2v) is 37.1. The van der Waals surface area contributed by atoms with E-state index in [-0.39, 0.29) is 28.7 Å². The van der Waals surface area contributed by atoms with Crippen LogP contribution in [-0.4, -0.2) is 143 Å². The van der Waals surface area contributed by atoms with Crippen molar-refractivity contribution in [1.82, 2.24) is 73.9 Å². The summed E-state index contributed by atoms with van der Waals surface area (Å²) >= 11 is 6.10. The van der Waals surface area contributed by atoms with Crippen LogP contribution in [0.25, 0.3) is 88.3 Å². The summed E-state index contributed by atoms with van der Waals surface area (Å²) in [5, 5.41) is 32.7. The van der Waals surface area contributed by atoms with Gasteiger partial charge in [0.1, 0.15) is 53.8 Å². The van der Waals surface area contributed by atoms with Gasteiger partial charge < -0.3 is 47.1 Å². The standard InChI is InChI=1S/C22H24N6O2Si.C17H22ClN3O2Si.C16H10N6O.C11H14BN3O2/c1-29-21-9-19-17(13-26-21)16-5-6-18(15-11-24-20(10-23)25-12-15)27-22(16)28(19)14-30-7-8-31(2,3)4;1-22-16-9-14-13(10-19-16)12-5-6-15(18)20-17(12)21(14)11-23-7-8-24(2,3)4;1-23-15-4-13-11(8-20-15)10-2-3-12(21-16(10)22-13)9-6-18-14(5-17)19-7-9;1-10(2)11(3,4)17-12(16-10)8-6-14-9(5-13)15-7-8/h5-6,9,11-13H,7-8,14H2,1-4H3;5-6,9-10H,7-8,11H2,1-4H3;2-4,6-8H,1H3,(H,21,22);6-7H,1-4H3. The Bertz CT molecular complexity index is 4850. The summed E-state index contributed by atoms with van der Waals surface area (Å²) in [6.45, 7) is 24.2. The second kappa shape index (κ2) is 28.7. The Balaban J connectivity index is 0.000000141. The summed E-state index contributed by atoms with van der Waals surface area (Å²) in [5.41, 5.74) is 8.10. The molecule has 13 rings (SSSR count). The molecule has 0 radical (unpaired) electrons. The number of methoxy groups -OCH3 is 3. The van der Waals surface area contributed by atoms with Crippen LogP contribution < -0.4 is 19.7 Å². The first-order chi connectivity index (χ1) is 45.4. The zero-order valence-corrected chi connectivity index (χ0v) is 57.8. The largest absolute Gasteiger partial charge is 0.498 e. The van der Waals surface area contributed by atoms with Crippen LogP contribution in [0.3, 0.4) is 0 Å². The maximum Gasteiger partial charge on any atom is 0.498 e. The van der Waals surface area contributed by atoms with E-state index in [0.29, 0.717) is 42.9 Å². The number of ether oxygens (including phenoxy) is 5. The number of pyridine rings is 6. The van der Waals surface area contributed by atoms with Gasteiger partial charge in [-0.15, -0.1) is 0 Å². The number of hydrogen-bond acceptors (Lipinski definition) is 22. The minimum Gasteiger partial charge on any atom is -0.481 e. The lowest BCUT2D eigenvalue weighted by molar-refractivity contribution is 0.00578. The Kier molecular flexibility index (Phi) is 20.5. The molecule has 95 heavy (non-hydrogen) atoms. The summed E-state index contributed by atoms with van der Waals surface area (Å²) < 4.78 is 43.5. The Morgan fingerprint density at radius 3 is 1.37 bits per heavy atom. The van der Waals surface area contributed by atoms with E-state index in [2.05, 4.69) is 99.1 Å². The predicted molar refractivity (Wildman–Crippen MR) is 368 cm³/mol. The van der Waals surface area contributed by atoms with Gasteiger partial charge >= 0.3 is 7.12 Å². The van der Waals surface area contributed by atoms with Gasteiger partial charge in [0.25, 0.3) is 0 Å². The molecule has 0 spiro atoms. The summed E-state index contributed by atoms with van der Waals surface area (Å²) in [4.78, 5) is 54.0. The third-order valence-corrected chi connectivity index (χ3v) is 19.5. The molecule has 12 aromatic rings. The Morgan fingerprint density at radius 1 is 0.505 bits per heavy atom. The molecular formula is C66H70BClN18O7Si2. The lowest BCUT2D eigenvalue weighted by atomic mass is 9.81. The molecule has 1 N–H and O–H groups in total. The minimum atomic E-state index is -1.18. The van der Waals surface area contributed by atoms with Crippen molar-refractivity contribution in [3.05, 3.63) is 133 Å². The van der Waals surface area contributed by atoms with E-state index in [4.69, 9.17) is 65.4 Å². The first kappa shape index (κ1) is 67.9.